The fourth-order valence-corrected chi connectivity index (χ4v) is 4.06. The average Bonchev–Trinajstić information content (AvgIpc) is 2.62. The van der Waals surface area contributed by atoms with Crippen molar-refractivity contribution < 1.29 is 9.53 Å². The zero-order valence-electron chi connectivity index (χ0n) is 13.0. The number of amides is 1. The van der Waals surface area contributed by atoms with Gasteiger partial charge in [-0.3, -0.25) is 4.79 Å². The molecule has 2 aliphatic heterocycles. The number of rotatable bonds is 3. The van der Waals surface area contributed by atoms with Crippen LogP contribution in [-0.2, 0) is 4.79 Å². The Morgan fingerprint density at radius 2 is 2.00 bits per heavy atom. The summed E-state index contributed by atoms with van der Waals surface area (Å²) in [6.45, 7) is 3.56. The fourth-order valence-electron chi connectivity index (χ4n) is 3.16. The number of anilines is 1. The lowest BCUT2D eigenvalue weighted by Gasteiger charge is -2.36. The summed E-state index contributed by atoms with van der Waals surface area (Å²) in [7, 11) is 1.67. The minimum atomic E-state index is 0.175. The summed E-state index contributed by atoms with van der Waals surface area (Å²) < 4.78 is 5.39. The molecular formula is C16H23N3O2S. The van der Waals surface area contributed by atoms with E-state index in [1.807, 2.05) is 23.9 Å². The van der Waals surface area contributed by atoms with Crippen LogP contribution in [0.3, 0.4) is 0 Å². The molecule has 0 N–H and O–H groups in total. The van der Waals surface area contributed by atoms with Gasteiger partial charge in [0.15, 0.2) is 11.6 Å². The molecule has 3 rings (SSSR count). The van der Waals surface area contributed by atoms with Crippen LogP contribution in [0.1, 0.15) is 12.8 Å². The van der Waals surface area contributed by atoms with Crippen LogP contribution in [0.4, 0.5) is 5.82 Å². The van der Waals surface area contributed by atoms with Crippen molar-refractivity contribution in [2.75, 3.05) is 49.7 Å². The van der Waals surface area contributed by atoms with E-state index >= 15 is 0 Å². The van der Waals surface area contributed by atoms with Gasteiger partial charge in [-0.2, -0.15) is 11.8 Å². The van der Waals surface area contributed by atoms with Crippen molar-refractivity contribution in [2.24, 2.45) is 5.92 Å². The predicted molar refractivity (Wildman–Crippen MR) is 89.6 cm³/mol. The van der Waals surface area contributed by atoms with Crippen LogP contribution in [0.25, 0.3) is 0 Å². The summed E-state index contributed by atoms with van der Waals surface area (Å²) in [6.07, 6.45) is 3.60. The first-order valence-corrected chi connectivity index (χ1v) is 9.05. The highest BCUT2D eigenvalue weighted by Crippen LogP contribution is 2.29. The molecule has 0 radical (unpaired) electrons. The van der Waals surface area contributed by atoms with Crippen molar-refractivity contribution in [2.45, 2.75) is 12.8 Å². The summed E-state index contributed by atoms with van der Waals surface area (Å²) in [5.41, 5.74) is 0. The summed E-state index contributed by atoms with van der Waals surface area (Å²) >= 11 is 1.94. The number of carbonyl (C=O) groups is 1. The molecule has 0 aliphatic carbocycles. The molecule has 0 spiro atoms. The standard InChI is InChI=1S/C16H23N3O2S/c1-21-14-3-2-6-17-15(14)18-7-4-13(5-8-18)16(20)19-9-11-22-12-10-19/h2-3,6,13H,4-5,7-12H2,1H3. The number of ether oxygens (including phenoxy) is 1. The molecule has 3 heterocycles. The number of hydrogen-bond acceptors (Lipinski definition) is 5. The van der Waals surface area contributed by atoms with Crippen molar-refractivity contribution in [3.63, 3.8) is 0 Å². The van der Waals surface area contributed by atoms with E-state index in [-0.39, 0.29) is 5.92 Å². The molecule has 2 aliphatic rings. The first-order chi connectivity index (χ1) is 10.8. The summed E-state index contributed by atoms with van der Waals surface area (Å²) in [5.74, 6) is 4.39. The van der Waals surface area contributed by atoms with Crippen molar-refractivity contribution >= 4 is 23.5 Å². The third kappa shape index (κ3) is 3.32. The second-order valence-corrected chi connectivity index (χ2v) is 6.95. The van der Waals surface area contributed by atoms with Crippen LogP contribution in [0, 0.1) is 5.92 Å². The number of pyridine rings is 1. The Hall–Kier alpha value is -1.43. The van der Waals surface area contributed by atoms with Crippen LogP contribution < -0.4 is 9.64 Å². The molecule has 120 valence electrons. The Bertz CT molecular complexity index is 512. The minimum Gasteiger partial charge on any atom is -0.493 e. The molecule has 0 unspecified atom stereocenters. The van der Waals surface area contributed by atoms with Crippen molar-refractivity contribution in [3.8, 4) is 5.75 Å². The van der Waals surface area contributed by atoms with Gasteiger partial charge in [0.1, 0.15) is 0 Å². The monoisotopic (exact) mass is 321 g/mol. The summed E-state index contributed by atoms with van der Waals surface area (Å²) in [5, 5.41) is 0. The van der Waals surface area contributed by atoms with Crippen molar-refractivity contribution in [3.05, 3.63) is 18.3 Å². The number of methoxy groups -OCH3 is 1. The number of thioether (sulfide) groups is 1. The lowest BCUT2D eigenvalue weighted by atomic mass is 9.95. The zero-order valence-corrected chi connectivity index (χ0v) is 13.8. The zero-order chi connectivity index (χ0) is 15.4. The van der Waals surface area contributed by atoms with Gasteiger partial charge in [-0.15, -0.1) is 0 Å². The number of carbonyl (C=O) groups excluding carboxylic acids is 1. The van der Waals surface area contributed by atoms with Crippen molar-refractivity contribution in [1.82, 2.24) is 9.88 Å². The third-order valence-electron chi connectivity index (χ3n) is 4.44. The molecular weight excluding hydrogens is 298 g/mol. The lowest BCUT2D eigenvalue weighted by molar-refractivity contribution is -0.135. The van der Waals surface area contributed by atoms with Crippen LogP contribution >= 0.6 is 11.8 Å². The van der Waals surface area contributed by atoms with Gasteiger partial charge in [0.05, 0.1) is 7.11 Å². The van der Waals surface area contributed by atoms with Crippen LogP contribution in [0.15, 0.2) is 18.3 Å². The average molecular weight is 321 g/mol. The van der Waals surface area contributed by atoms with Gasteiger partial charge >= 0.3 is 0 Å². The van der Waals surface area contributed by atoms with E-state index in [0.717, 1.165) is 62.1 Å². The molecule has 0 atom stereocenters. The quantitative estimate of drug-likeness (QED) is 0.851. The molecule has 5 nitrogen and oxygen atoms in total. The van der Waals surface area contributed by atoms with Crippen molar-refractivity contribution in [1.29, 1.82) is 0 Å². The molecule has 6 heteroatoms. The van der Waals surface area contributed by atoms with Crippen LogP contribution in [0.2, 0.25) is 0 Å². The largest absolute Gasteiger partial charge is 0.493 e. The van der Waals surface area contributed by atoms with Gasteiger partial charge in [0, 0.05) is 49.8 Å². The second-order valence-electron chi connectivity index (χ2n) is 5.73. The van der Waals surface area contributed by atoms with E-state index in [2.05, 4.69) is 14.8 Å². The van der Waals surface area contributed by atoms with Gasteiger partial charge < -0.3 is 14.5 Å². The van der Waals surface area contributed by atoms with E-state index in [1.54, 1.807) is 13.3 Å². The molecule has 0 bridgehead atoms. The first-order valence-electron chi connectivity index (χ1n) is 7.90. The highest BCUT2D eigenvalue weighted by Gasteiger charge is 2.30. The van der Waals surface area contributed by atoms with E-state index in [9.17, 15) is 4.79 Å². The van der Waals surface area contributed by atoms with Gasteiger partial charge in [-0.25, -0.2) is 4.98 Å². The number of hydrogen-bond donors (Lipinski definition) is 0. The second kappa shape index (κ2) is 7.22. The van der Waals surface area contributed by atoms with E-state index in [0.29, 0.717) is 5.91 Å². The molecule has 1 amide bonds. The Kier molecular flexibility index (Phi) is 5.08. The number of piperidine rings is 1. The Labute approximate surface area is 136 Å². The molecule has 1 aromatic rings. The first kappa shape index (κ1) is 15.5. The van der Waals surface area contributed by atoms with E-state index in [4.69, 9.17) is 4.74 Å². The lowest BCUT2D eigenvalue weighted by Crippen LogP contribution is -2.45. The molecule has 2 saturated heterocycles. The number of aromatic nitrogens is 1. The SMILES string of the molecule is COc1cccnc1N1CCC(C(=O)N2CCSCC2)CC1. The number of nitrogens with zero attached hydrogens (tertiary/aromatic N) is 3. The smallest absolute Gasteiger partial charge is 0.225 e. The molecule has 1 aromatic heterocycles. The Morgan fingerprint density at radius 3 is 2.68 bits per heavy atom. The van der Waals surface area contributed by atoms with Crippen LogP contribution in [0.5, 0.6) is 5.75 Å². The molecule has 0 saturated carbocycles. The van der Waals surface area contributed by atoms with Gasteiger partial charge in [0.2, 0.25) is 5.91 Å². The maximum absolute atomic E-state index is 12.6. The van der Waals surface area contributed by atoms with E-state index in [1.165, 1.54) is 0 Å². The van der Waals surface area contributed by atoms with Gasteiger partial charge in [-0.1, -0.05) is 0 Å². The normalized spacial score (nSPS) is 20.0. The summed E-state index contributed by atoms with van der Waals surface area (Å²) in [6, 6.07) is 3.82. The highest BCUT2D eigenvalue weighted by atomic mass is 32.2. The third-order valence-corrected chi connectivity index (χ3v) is 5.38. The Balaban J connectivity index is 1.59. The van der Waals surface area contributed by atoms with Gasteiger partial charge in [0.25, 0.3) is 0 Å². The fraction of sp³-hybridized carbons (Fsp3) is 0.625. The molecule has 0 aromatic carbocycles. The maximum atomic E-state index is 12.6. The van der Waals surface area contributed by atoms with Gasteiger partial charge in [-0.05, 0) is 25.0 Å². The minimum absolute atomic E-state index is 0.175. The topological polar surface area (TPSA) is 45.7 Å². The van der Waals surface area contributed by atoms with Crippen LogP contribution in [-0.4, -0.2) is 60.6 Å². The highest BCUT2D eigenvalue weighted by molar-refractivity contribution is 7.99. The molecule has 2 fully saturated rings. The Morgan fingerprint density at radius 1 is 1.27 bits per heavy atom. The molecule has 22 heavy (non-hydrogen) atoms. The maximum Gasteiger partial charge on any atom is 0.225 e. The van der Waals surface area contributed by atoms with E-state index < -0.39 is 0 Å². The summed E-state index contributed by atoms with van der Waals surface area (Å²) in [4.78, 5) is 21.3. The predicted octanol–water partition coefficient (Wildman–Crippen LogP) is 1.88.